The SMILES string of the molecule is CCOC(=O)CC1c2ccccc2OC1SCC(=O)OC(C)(C)C. The molecule has 0 saturated heterocycles. The number of esters is 2. The monoisotopic (exact) mass is 352 g/mol. The van der Waals surface area contributed by atoms with Gasteiger partial charge in [-0.15, -0.1) is 11.8 Å². The van der Waals surface area contributed by atoms with E-state index in [2.05, 4.69) is 0 Å². The number of carbonyl (C=O) groups excluding carboxylic acids is 2. The molecule has 0 fully saturated rings. The molecule has 1 aliphatic rings. The van der Waals surface area contributed by atoms with Crippen molar-refractivity contribution in [1.82, 2.24) is 0 Å². The van der Waals surface area contributed by atoms with Gasteiger partial charge in [0.2, 0.25) is 0 Å². The van der Waals surface area contributed by atoms with E-state index in [-0.39, 0.29) is 35.5 Å². The molecule has 2 unspecified atom stereocenters. The number of fused-ring (bicyclic) bond motifs is 1. The van der Waals surface area contributed by atoms with E-state index < -0.39 is 5.60 Å². The van der Waals surface area contributed by atoms with Crippen LogP contribution in [0.1, 0.15) is 45.6 Å². The summed E-state index contributed by atoms with van der Waals surface area (Å²) in [4.78, 5) is 23.8. The van der Waals surface area contributed by atoms with E-state index in [1.807, 2.05) is 45.0 Å². The van der Waals surface area contributed by atoms with Crippen molar-refractivity contribution in [2.24, 2.45) is 0 Å². The molecule has 1 aliphatic heterocycles. The summed E-state index contributed by atoms with van der Waals surface area (Å²) >= 11 is 1.35. The second kappa shape index (κ2) is 7.92. The zero-order valence-corrected chi connectivity index (χ0v) is 15.4. The van der Waals surface area contributed by atoms with Gasteiger partial charge in [-0.1, -0.05) is 18.2 Å². The third-order valence-electron chi connectivity index (χ3n) is 3.37. The van der Waals surface area contributed by atoms with E-state index in [0.29, 0.717) is 6.61 Å². The highest BCUT2D eigenvalue weighted by Crippen LogP contribution is 2.44. The molecular formula is C18H24O5S. The van der Waals surface area contributed by atoms with E-state index in [4.69, 9.17) is 14.2 Å². The van der Waals surface area contributed by atoms with Crippen LogP contribution in [-0.4, -0.2) is 35.3 Å². The Morgan fingerprint density at radius 1 is 1.21 bits per heavy atom. The first-order chi connectivity index (χ1) is 11.3. The van der Waals surface area contributed by atoms with Crippen molar-refractivity contribution in [3.63, 3.8) is 0 Å². The van der Waals surface area contributed by atoms with Crippen molar-refractivity contribution < 1.29 is 23.8 Å². The van der Waals surface area contributed by atoms with Crippen molar-refractivity contribution in [2.75, 3.05) is 12.4 Å². The first-order valence-electron chi connectivity index (χ1n) is 8.05. The maximum Gasteiger partial charge on any atom is 0.316 e. The molecule has 0 aromatic heterocycles. The second-order valence-electron chi connectivity index (χ2n) is 6.54. The average molecular weight is 352 g/mol. The van der Waals surface area contributed by atoms with Gasteiger partial charge in [0.05, 0.1) is 18.8 Å². The Morgan fingerprint density at radius 3 is 2.58 bits per heavy atom. The molecule has 0 bridgehead atoms. The van der Waals surface area contributed by atoms with Crippen LogP contribution in [-0.2, 0) is 19.1 Å². The normalized spacial score (nSPS) is 19.3. The van der Waals surface area contributed by atoms with Crippen molar-refractivity contribution in [3.05, 3.63) is 29.8 Å². The molecule has 24 heavy (non-hydrogen) atoms. The minimum atomic E-state index is -0.512. The molecule has 0 amide bonds. The van der Waals surface area contributed by atoms with E-state index >= 15 is 0 Å². The third kappa shape index (κ3) is 5.16. The fraction of sp³-hybridized carbons (Fsp3) is 0.556. The largest absolute Gasteiger partial charge is 0.479 e. The van der Waals surface area contributed by atoms with E-state index in [1.54, 1.807) is 6.92 Å². The highest BCUT2D eigenvalue weighted by Gasteiger charge is 2.37. The van der Waals surface area contributed by atoms with Gasteiger partial charge >= 0.3 is 11.9 Å². The fourth-order valence-electron chi connectivity index (χ4n) is 2.53. The second-order valence-corrected chi connectivity index (χ2v) is 7.62. The van der Waals surface area contributed by atoms with Gasteiger partial charge < -0.3 is 14.2 Å². The first-order valence-corrected chi connectivity index (χ1v) is 9.09. The molecule has 1 heterocycles. The number of ether oxygens (including phenoxy) is 3. The van der Waals surface area contributed by atoms with Gasteiger partial charge in [0.1, 0.15) is 11.4 Å². The molecule has 132 valence electrons. The number of carbonyl (C=O) groups is 2. The van der Waals surface area contributed by atoms with Gasteiger partial charge in [0.25, 0.3) is 0 Å². The van der Waals surface area contributed by atoms with Crippen LogP contribution in [0.3, 0.4) is 0 Å². The van der Waals surface area contributed by atoms with Crippen LogP contribution in [0, 0.1) is 0 Å². The Morgan fingerprint density at radius 2 is 1.92 bits per heavy atom. The topological polar surface area (TPSA) is 61.8 Å². The zero-order chi connectivity index (χ0) is 17.7. The molecular weight excluding hydrogens is 328 g/mol. The number of para-hydroxylation sites is 1. The molecule has 0 spiro atoms. The molecule has 2 rings (SSSR count). The molecule has 0 N–H and O–H groups in total. The lowest BCUT2D eigenvalue weighted by atomic mass is 9.98. The smallest absolute Gasteiger partial charge is 0.316 e. The van der Waals surface area contributed by atoms with Crippen molar-refractivity contribution in [3.8, 4) is 5.75 Å². The van der Waals surface area contributed by atoms with E-state index in [0.717, 1.165) is 11.3 Å². The predicted octanol–water partition coefficient (Wildman–Crippen LogP) is 3.52. The van der Waals surface area contributed by atoms with Crippen LogP contribution < -0.4 is 4.74 Å². The zero-order valence-electron chi connectivity index (χ0n) is 14.5. The van der Waals surface area contributed by atoms with Crippen LogP contribution in [0.2, 0.25) is 0 Å². The highest BCUT2D eigenvalue weighted by molar-refractivity contribution is 8.00. The van der Waals surface area contributed by atoms with Gasteiger partial charge in [-0.3, -0.25) is 9.59 Å². The van der Waals surface area contributed by atoms with Crippen molar-refractivity contribution in [2.45, 2.75) is 51.1 Å². The fourth-order valence-corrected chi connectivity index (χ4v) is 3.53. The lowest BCUT2D eigenvalue weighted by molar-refractivity contribution is -0.151. The lowest BCUT2D eigenvalue weighted by Gasteiger charge is -2.21. The van der Waals surface area contributed by atoms with Gasteiger partial charge in [-0.2, -0.15) is 0 Å². The summed E-state index contributed by atoms with van der Waals surface area (Å²) < 4.78 is 16.3. The summed E-state index contributed by atoms with van der Waals surface area (Å²) in [7, 11) is 0. The number of hydrogen-bond acceptors (Lipinski definition) is 6. The van der Waals surface area contributed by atoms with Gasteiger partial charge in [-0.05, 0) is 33.8 Å². The van der Waals surface area contributed by atoms with Gasteiger partial charge in [0.15, 0.2) is 5.44 Å². The Balaban J connectivity index is 2.02. The summed E-state index contributed by atoms with van der Waals surface area (Å²) in [5.41, 5.74) is 0.160. The number of rotatable bonds is 6. The van der Waals surface area contributed by atoms with Gasteiger partial charge in [0, 0.05) is 11.5 Å². The summed E-state index contributed by atoms with van der Waals surface area (Å²) in [5.74, 6) is 0.253. The van der Waals surface area contributed by atoms with Crippen molar-refractivity contribution in [1.29, 1.82) is 0 Å². The molecule has 6 heteroatoms. The Hall–Kier alpha value is -1.69. The first kappa shape index (κ1) is 18.6. The summed E-state index contributed by atoms with van der Waals surface area (Å²) in [5, 5.41) is 0. The third-order valence-corrected chi connectivity index (χ3v) is 4.52. The maximum atomic E-state index is 11.9. The van der Waals surface area contributed by atoms with Crippen LogP contribution in [0.25, 0.3) is 0 Å². The maximum absolute atomic E-state index is 11.9. The van der Waals surface area contributed by atoms with Gasteiger partial charge in [-0.25, -0.2) is 0 Å². The standard InChI is InChI=1S/C18H24O5S/c1-5-21-15(19)10-13-12-8-6-7-9-14(12)22-17(13)24-11-16(20)23-18(2,3)4/h6-9,13,17H,5,10-11H2,1-4H3. The minimum absolute atomic E-state index is 0.132. The van der Waals surface area contributed by atoms with Crippen LogP contribution in [0.5, 0.6) is 5.75 Å². The van der Waals surface area contributed by atoms with Crippen LogP contribution in [0.15, 0.2) is 24.3 Å². The Bertz CT molecular complexity index is 593. The quantitative estimate of drug-likeness (QED) is 0.730. The molecule has 0 radical (unpaired) electrons. The van der Waals surface area contributed by atoms with E-state index in [9.17, 15) is 9.59 Å². The lowest BCUT2D eigenvalue weighted by Crippen LogP contribution is -2.27. The summed E-state index contributed by atoms with van der Waals surface area (Å²) in [6.45, 7) is 7.64. The number of hydrogen-bond donors (Lipinski definition) is 0. The van der Waals surface area contributed by atoms with Crippen molar-refractivity contribution >= 4 is 23.7 Å². The summed E-state index contributed by atoms with van der Waals surface area (Å²) in [6.07, 6.45) is 0.233. The highest BCUT2D eigenvalue weighted by atomic mass is 32.2. The summed E-state index contributed by atoms with van der Waals surface area (Å²) in [6, 6.07) is 7.64. The molecule has 0 saturated carbocycles. The molecule has 0 aliphatic carbocycles. The predicted molar refractivity (Wildman–Crippen MR) is 93.2 cm³/mol. The van der Waals surface area contributed by atoms with Crippen LogP contribution in [0.4, 0.5) is 0 Å². The average Bonchev–Trinajstić information content (AvgIpc) is 2.82. The molecule has 1 aromatic carbocycles. The Labute approximate surface area is 147 Å². The van der Waals surface area contributed by atoms with Crippen LogP contribution >= 0.6 is 11.8 Å². The van der Waals surface area contributed by atoms with E-state index in [1.165, 1.54) is 11.8 Å². The molecule has 5 nitrogen and oxygen atoms in total. The number of thioether (sulfide) groups is 1. The number of benzene rings is 1. The minimum Gasteiger partial charge on any atom is -0.479 e. The molecule has 1 aromatic rings. The molecule has 2 atom stereocenters. The Kier molecular flexibility index (Phi) is 6.15.